The zero-order valence-electron chi connectivity index (χ0n) is 10.5. The lowest BCUT2D eigenvalue weighted by Gasteiger charge is -1.98. The number of carbonyl (C=O) groups is 2. The summed E-state index contributed by atoms with van der Waals surface area (Å²) in [5.74, 6) is -1.19. The standard InChI is InChI=1S/C16H12O4/c17-14-3-1-2-13(10-14)15(18)9-6-11-4-7-12(8-5-11)16(19)20/h1-10,17H,(H,19,20)/b9-6+. The fraction of sp³-hybridized carbons (Fsp3) is 0. The number of aromatic hydroxyl groups is 1. The van der Waals surface area contributed by atoms with Crippen LogP contribution in [0, 0.1) is 0 Å². The van der Waals surface area contributed by atoms with Crippen LogP contribution in [-0.4, -0.2) is 22.0 Å². The average Bonchev–Trinajstić information content (AvgIpc) is 2.45. The molecule has 0 aliphatic rings. The van der Waals surface area contributed by atoms with E-state index in [9.17, 15) is 14.7 Å². The summed E-state index contributed by atoms with van der Waals surface area (Å²) in [5.41, 5.74) is 1.31. The molecule has 0 fully saturated rings. The minimum atomic E-state index is -0.989. The summed E-state index contributed by atoms with van der Waals surface area (Å²) in [6.45, 7) is 0. The van der Waals surface area contributed by atoms with Gasteiger partial charge in [-0.1, -0.05) is 30.3 Å². The molecule has 0 spiro atoms. The largest absolute Gasteiger partial charge is 0.508 e. The molecule has 2 rings (SSSR count). The molecular weight excluding hydrogens is 256 g/mol. The lowest BCUT2D eigenvalue weighted by Crippen LogP contribution is -1.95. The van der Waals surface area contributed by atoms with Crippen molar-refractivity contribution >= 4 is 17.8 Å². The zero-order valence-corrected chi connectivity index (χ0v) is 10.5. The van der Waals surface area contributed by atoms with Gasteiger partial charge >= 0.3 is 5.97 Å². The molecule has 0 unspecified atom stereocenters. The summed E-state index contributed by atoms with van der Waals surface area (Å²) < 4.78 is 0. The van der Waals surface area contributed by atoms with E-state index in [4.69, 9.17) is 5.11 Å². The third kappa shape index (κ3) is 3.32. The first-order valence-corrected chi connectivity index (χ1v) is 5.91. The van der Waals surface area contributed by atoms with Gasteiger partial charge < -0.3 is 10.2 Å². The molecule has 0 amide bonds. The Bertz CT molecular complexity index is 669. The van der Waals surface area contributed by atoms with Crippen molar-refractivity contribution in [1.29, 1.82) is 0 Å². The highest BCUT2D eigenvalue weighted by molar-refractivity contribution is 6.07. The summed E-state index contributed by atoms with van der Waals surface area (Å²) >= 11 is 0. The Balaban J connectivity index is 2.13. The molecule has 0 aliphatic heterocycles. The van der Waals surface area contributed by atoms with Gasteiger partial charge in [0.05, 0.1) is 5.56 Å². The van der Waals surface area contributed by atoms with Crippen LogP contribution in [0.5, 0.6) is 5.75 Å². The number of hydrogen-bond donors (Lipinski definition) is 2. The summed E-state index contributed by atoms with van der Waals surface area (Å²) in [7, 11) is 0. The second kappa shape index (κ2) is 5.84. The smallest absolute Gasteiger partial charge is 0.335 e. The number of rotatable bonds is 4. The highest BCUT2D eigenvalue weighted by Crippen LogP contribution is 2.13. The van der Waals surface area contributed by atoms with Gasteiger partial charge in [0.15, 0.2) is 5.78 Å². The molecule has 0 saturated heterocycles. The van der Waals surface area contributed by atoms with Crippen LogP contribution in [0.3, 0.4) is 0 Å². The summed E-state index contributed by atoms with van der Waals surface area (Å²) in [6.07, 6.45) is 2.97. The Morgan fingerprint density at radius 2 is 1.65 bits per heavy atom. The van der Waals surface area contributed by atoms with Crippen LogP contribution in [-0.2, 0) is 0 Å². The van der Waals surface area contributed by atoms with Crippen molar-refractivity contribution in [3.63, 3.8) is 0 Å². The van der Waals surface area contributed by atoms with E-state index in [2.05, 4.69) is 0 Å². The fourth-order valence-electron chi connectivity index (χ4n) is 1.66. The van der Waals surface area contributed by atoms with Gasteiger partial charge in [0.2, 0.25) is 0 Å². The molecule has 0 aromatic heterocycles. The molecule has 0 aliphatic carbocycles. The number of hydrogen-bond acceptors (Lipinski definition) is 3. The van der Waals surface area contributed by atoms with E-state index in [1.165, 1.54) is 30.3 Å². The van der Waals surface area contributed by atoms with Gasteiger partial charge in [0.25, 0.3) is 0 Å². The maximum Gasteiger partial charge on any atom is 0.335 e. The van der Waals surface area contributed by atoms with Gasteiger partial charge in [-0.2, -0.15) is 0 Å². The number of carboxylic acid groups (broad SMARTS) is 1. The molecule has 0 atom stereocenters. The van der Waals surface area contributed by atoms with E-state index in [0.29, 0.717) is 5.56 Å². The number of carbonyl (C=O) groups excluding carboxylic acids is 1. The molecule has 20 heavy (non-hydrogen) atoms. The normalized spacial score (nSPS) is 10.6. The van der Waals surface area contributed by atoms with Gasteiger partial charge in [0, 0.05) is 5.56 Å². The van der Waals surface area contributed by atoms with Crippen LogP contribution in [0.1, 0.15) is 26.3 Å². The molecule has 0 heterocycles. The van der Waals surface area contributed by atoms with Gasteiger partial charge in [0.1, 0.15) is 5.75 Å². The maximum absolute atomic E-state index is 11.9. The van der Waals surface area contributed by atoms with E-state index in [-0.39, 0.29) is 17.1 Å². The fourth-order valence-corrected chi connectivity index (χ4v) is 1.66. The molecule has 0 bridgehead atoms. The molecule has 0 radical (unpaired) electrons. The summed E-state index contributed by atoms with van der Waals surface area (Å²) in [6, 6.07) is 12.3. The van der Waals surface area contributed by atoms with Gasteiger partial charge in [-0.25, -0.2) is 4.79 Å². The number of ketones is 1. The molecule has 2 N–H and O–H groups in total. The topological polar surface area (TPSA) is 74.6 Å². The Kier molecular flexibility index (Phi) is 3.96. The van der Waals surface area contributed by atoms with E-state index >= 15 is 0 Å². The Hall–Kier alpha value is -2.88. The second-order valence-corrected chi connectivity index (χ2v) is 4.18. The van der Waals surface area contributed by atoms with Gasteiger partial charge in [-0.15, -0.1) is 0 Å². The summed E-state index contributed by atoms with van der Waals surface area (Å²) in [4.78, 5) is 22.6. The van der Waals surface area contributed by atoms with Crippen LogP contribution in [0.4, 0.5) is 0 Å². The van der Waals surface area contributed by atoms with Crippen molar-refractivity contribution < 1.29 is 19.8 Å². The average molecular weight is 268 g/mol. The summed E-state index contributed by atoms with van der Waals surface area (Å²) in [5, 5.41) is 18.1. The van der Waals surface area contributed by atoms with Crippen molar-refractivity contribution in [2.75, 3.05) is 0 Å². The van der Waals surface area contributed by atoms with Crippen molar-refractivity contribution in [3.8, 4) is 5.75 Å². The van der Waals surface area contributed by atoms with Crippen LogP contribution in [0.2, 0.25) is 0 Å². The van der Waals surface area contributed by atoms with Gasteiger partial charge in [-0.05, 0) is 35.9 Å². The molecule has 4 nitrogen and oxygen atoms in total. The minimum Gasteiger partial charge on any atom is -0.508 e. The molecule has 0 saturated carbocycles. The molecule has 2 aromatic carbocycles. The van der Waals surface area contributed by atoms with Gasteiger partial charge in [-0.3, -0.25) is 4.79 Å². The monoisotopic (exact) mass is 268 g/mol. The first-order chi connectivity index (χ1) is 9.56. The number of phenols is 1. The van der Waals surface area contributed by atoms with Crippen LogP contribution in [0.15, 0.2) is 54.6 Å². The molecule has 4 heteroatoms. The van der Waals surface area contributed by atoms with Crippen molar-refractivity contribution in [3.05, 3.63) is 71.3 Å². The highest BCUT2D eigenvalue weighted by atomic mass is 16.4. The van der Waals surface area contributed by atoms with E-state index in [0.717, 1.165) is 5.56 Å². The SMILES string of the molecule is O=C(O)c1ccc(/C=C/C(=O)c2cccc(O)c2)cc1. The lowest BCUT2D eigenvalue weighted by molar-refractivity contribution is 0.0696. The minimum absolute atomic E-state index is 0.0371. The van der Waals surface area contributed by atoms with Crippen molar-refractivity contribution in [2.45, 2.75) is 0 Å². The van der Waals surface area contributed by atoms with Crippen LogP contribution < -0.4 is 0 Å². The van der Waals surface area contributed by atoms with E-state index in [1.807, 2.05) is 0 Å². The van der Waals surface area contributed by atoms with Crippen molar-refractivity contribution in [2.24, 2.45) is 0 Å². The third-order valence-corrected chi connectivity index (χ3v) is 2.72. The molecular formula is C16H12O4. The first kappa shape index (κ1) is 13.5. The third-order valence-electron chi connectivity index (χ3n) is 2.72. The quantitative estimate of drug-likeness (QED) is 0.660. The van der Waals surface area contributed by atoms with Crippen LogP contribution in [0.25, 0.3) is 6.08 Å². The predicted octanol–water partition coefficient (Wildman–Crippen LogP) is 2.99. The number of benzene rings is 2. The molecule has 2 aromatic rings. The maximum atomic E-state index is 11.9. The lowest BCUT2D eigenvalue weighted by atomic mass is 10.1. The number of allylic oxidation sites excluding steroid dienone is 1. The van der Waals surface area contributed by atoms with Crippen molar-refractivity contribution in [1.82, 2.24) is 0 Å². The van der Waals surface area contributed by atoms with E-state index < -0.39 is 5.97 Å². The van der Waals surface area contributed by atoms with Crippen LogP contribution >= 0.6 is 0 Å². The number of phenolic OH excluding ortho intramolecular Hbond substituents is 1. The highest BCUT2D eigenvalue weighted by Gasteiger charge is 2.03. The number of aromatic carboxylic acids is 1. The Morgan fingerprint density at radius 3 is 2.25 bits per heavy atom. The second-order valence-electron chi connectivity index (χ2n) is 4.18. The van der Waals surface area contributed by atoms with E-state index in [1.54, 1.807) is 30.3 Å². The Morgan fingerprint density at radius 1 is 0.950 bits per heavy atom. The molecule has 100 valence electrons. The predicted molar refractivity (Wildman–Crippen MR) is 74.9 cm³/mol. The Labute approximate surface area is 115 Å². The first-order valence-electron chi connectivity index (χ1n) is 5.91. The zero-order chi connectivity index (χ0) is 14.5. The number of carboxylic acids is 1.